The lowest BCUT2D eigenvalue weighted by molar-refractivity contribution is 0.284. The molecule has 3 rings (SSSR count). The van der Waals surface area contributed by atoms with Crippen molar-refractivity contribution in [2.24, 2.45) is 5.10 Å². The minimum Gasteiger partial charge on any atom is -0.491 e. The number of nitrogens with one attached hydrogen (secondary N) is 2. The highest BCUT2D eigenvalue weighted by atomic mass is 32.1. The maximum Gasteiger partial charge on any atom is 0.189 e. The van der Waals surface area contributed by atoms with Gasteiger partial charge in [-0.3, -0.25) is 10.4 Å². The van der Waals surface area contributed by atoms with E-state index in [1.807, 2.05) is 12.1 Å². The third kappa shape index (κ3) is 3.36. The van der Waals surface area contributed by atoms with Crippen LogP contribution in [0.25, 0.3) is 0 Å². The van der Waals surface area contributed by atoms with Crippen molar-refractivity contribution < 1.29 is 4.74 Å². The first-order chi connectivity index (χ1) is 10.8. The fourth-order valence-electron chi connectivity index (χ4n) is 2.68. The lowest BCUT2D eigenvalue weighted by Crippen LogP contribution is -2.54. The van der Waals surface area contributed by atoms with E-state index in [0.29, 0.717) is 17.8 Å². The molecule has 1 saturated heterocycles. The van der Waals surface area contributed by atoms with E-state index in [0.717, 1.165) is 49.6 Å². The smallest absolute Gasteiger partial charge is 0.189 e. The molecule has 1 atom stereocenters. The Kier molecular flexibility index (Phi) is 4.84. The number of ether oxygens (including phenoxy) is 1. The Bertz CT molecular complexity index is 577. The SMILES string of the molecule is CCC1CN(C(=S)N/N=C2/CCOc3cccnc32)CCN1. The molecule has 2 N–H and O–H groups in total. The standard InChI is InChI=1S/C15H21N5OS/c1-2-11-10-20(8-7-16-11)15(22)19-18-12-5-9-21-13-4-3-6-17-14(12)13/h3-4,6,11,16H,2,5,7-10H2,1H3,(H,19,22)/b18-12-. The van der Waals surface area contributed by atoms with Crippen molar-refractivity contribution in [3.05, 3.63) is 24.0 Å². The van der Waals surface area contributed by atoms with Crippen LogP contribution in [0.4, 0.5) is 0 Å². The number of hydrogen-bond donors (Lipinski definition) is 2. The van der Waals surface area contributed by atoms with E-state index in [1.54, 1.807) is 6.20 Å². The van der Waals surface area contributed by atoms with Crippen LogP contribution in [-0.4, -0.2) is 53.0 Å². The Morgan fingerprint density at radius 1 is 1.64 bits per heavy atom. The highest BCUT2D eigenvalue weighted by Gasteiger charge is 2.21. The van der Waals surface area contributed by atoms with Gasteiger partial charge < -0.3 is 15.0 Å². The molecule has 1 fully saturated rings. The topological polar surface area (TPSA) is 61.8 Å². The molecule has 6 nitrogen and oxygen atoms in total. The predicted octanol–water partition coefficient (Wildman–Crippen LogP) is 1.13. The molecule has 7 heteroatoms. The van der Waals surface area contributed by atoms with Gasteiger partial charge in [0.1, 0.15) is 11.4 Å². The first-order valence-corrected chi connectivity index (χ1v) is 8.11. The van der Waals surface area contributed by atoms with Crippen LogP contribution in [0.3, 0.4) is 0 Å². The molecule has 2 aliphatic heterocycles. The number of nitrogens with zero attached hydrogens (tertiary/aromatic N) is 3. The molecular weight excluding hydrogens is 298 g/mol. The second kappa shape index (κ2) is 7.02. The highest BCUT2D eigenvalue weighted by Crippen LogP contribution is 2.21. The first kappa shape index (κ1) is 15.2. The molecule has 1 aromatic rings. The fourth-order valence-corrected chi connectivity index (χ4v) is 2.89. The summed E-state index contributed by atoms with van der Waals surface area (Å²) in [5.41, 5.74) is 4.73. The Labute approximate surface area is 135 Å². The molecule has 0 spiro atoms. The summed E-state index contributed by atoms with van der Waals surface area (Å²) in [6.45, 7) is 5.59. The number of fused-ring (bicyclic) bond motifs is 1. The number of hydrogen-bond acceptors (Lipinski definition) is 5. The van der Waals surface area contributed by atoms with Gasteiger partial charge in [0.25, 0.3) is 0 Å². The number of piperazine rings is 1. The van der Waals surface area contributed by atoms with Gasteiger partial charge in [-0.25, -0.2) is 0 Å². The van der Waals surface area contributed by atoms with Gasteiger partial charge in [0.15, 0.2) is 5.11 Å². The van der Waals surface area contributed by atoms with Crippen LogP contribution in [0.5, 0.6) is 5.75 Å². The van der Waals surface area contributed by atoms with Crippen LogP contribution >= 0.6 is 12.2 Å². The van der Waals surface area contributed by atoms with Crippen molar-refractivity contribution in [1.82, 2.24) is 20.6 Å². The van der Waals surface area contributed by atoms with Crippen LogP contribution in [0.15, 0.2) is 23.4 Å². The summed E-state index contributed by atoms with van der Waals surface area (Å²) < 4.78 is 5.58. The molecule has 0 amide bonds. The molecule has 0 bridgehead atoms. The molecule has 1 unspecified atom stereocenters. The van der Waals surface area contributed by atoms with E-state index in [4.69, 9.17) is 17.0 Å². The van der Waals surface area contributed by atoms with Crippen molar-refractivity contribution in [3.8, 4) is 5.75 Å². The van der Waals surface area contributed by atoms with Gasteiger partial charge in [-0.2, -0.15) is 5.10 Å². The molecule has 118 valence electrons. The van der Waals surface area contributed by atoms with Gasteiger partial charge in [0.05, 0.1) is 12.3 Å². The van der Waals surface area contributed by atoms with E-state index in [-0.39, 0.29) is 0 Å². The highest BCUT2D eigenvalue weighted by molar-refractivity contribution is 7.80. The maximum atomic E-state index is 5.58. The Balaban J connectivity index is 1.65. The zero-order valence-electron chi connectivity index (χ0n) is 12.7. The quantitative estimate of drug-likeness (QED) is 0.629. The lowest BCUT2D eigenvalue weighted by Gasteiger charge is -2.34. The minimum atomic E-state index is 0.492. The van der Waals surface area contributed by atoms with E-state index in [9.17, 15) is 0 Å². The maximum absolute atomic E-state index is 5.58. The van der Waals surface area contributed by atoms with Crippen LogP contribution in [0, 0.1) is 0 Å². The molecule has 1 aromatic heterocycles. The summed E-state index contributed by atoms with van der Waals surface area (Å²) in [6.07, 6.45) is 3.59. The molecule has 0 saturated carbocycles. The fraction of sp³-hybridized carbons (Fsp3) is 0.533. The largest absolute Gasteiger partial charge is 0.491 e. The molecule has 3 heterocycles. The monoisotopic (exact) mass is 319 g/mol. The zero-order chi connectivity index (χ0) is 15.4. The van der Waals surface area contributed by atoms with Crippen molar-refractivity contribution in [2.75, 3.05) is 26.2 Å². The van der Waals surface area contributed by atoms with Gasteiger partial charge in [-0.15, -0.1) is 0 Å². The van der Waals surface area contributed by atoms with E-state index in [2.05, 4.69) is 32.7 Å². The van der Waals surface area contributed by atoms with Gasteiger partial charge in [-0.1, -0.05) is 6.92 Å². The number of pyridine rings is 1. The Hall–Kier alpha value is -1.73. The van der Waals surface area contributed by atoms with Gasteiger partial charge in [0.2, 0.25) is 0 Å². The van der Waals surface area contributed by atoms with Gasteiger partial charge in [0, 0.05) is 38.3 Å². The molecule has 0 radical (unpaired) electrons. The summed E-state index contributed by atoms with van der Waals surface area (Å²) in [7, 11) is 0. The van der Waals surface area contributed by atoms with E-state index < -0.39 is 0 Å². The molecule has 2 aliphatic rings. The minimum absolute atomic E-state index is 0.492. The van der Waals surface area contributed by atoms with Gasteiger partial charge in [-0.05, 0) is 30.8 Å². The van der Waals surface area contributed by atoms with Crippen LogP contribution in [0.2, 0.25) is 0 Å². The normalized spacial score (nSPS) is 22.9. The third-order valence-corrected chi connectivity index (χ3v) is 4.31. The lowest BCUT2D eigenvalue weighted by atomic mass is 10.1. The zero-order valence-corrected chi connectivity index (χ0v) is 13.5. The average Bonchev–Trinajstić information content (AvgIpc) is 2.59. The van der Waals surface area contributed by atoms with Crippen LogP contribution < -0.4 is 15.5 Å². The first-order valence-electron chi connectivity index (χ1n) is 7.71. The second-order valence-electron chi connectivity index (χ2n) is 5.43. The number of thiocarbonyl (C=S) groups is 1. The van der Waals surface area contributed by atoms with Crippen molar-refractivity contribution in [3.63, 3.8) is 0 Å². The summed E-state index contributed by atoms with van der Waals surface area (Å²) in [5, 5.41) is 8.63. The van der Waals surface area contributed by atoms with E-state index in [1.165, 1.54) is 0 Å². The molecular formula is C15H21N5OS. The number of rotatable bonds is 2. The van der Waals surface area contributed by atoms with Gasteiger partial charge >= 0.3 is 0 Å². The molecule has 22 heavy (non-hydrogen) atoms. The number of aromatic nitrogens is 1. The number of hydrazone groups is 1. The van der Waals surface area contributed by atoms with Crippen LogP contribution in [-0.2, 0) is 0 Å². The molecule has 0 aliphatic carbocycles. The third-order valence-electron chi connectivity index (χ3n) is 3.96. The predicted molar refractivity (Wildman–Crippen MR) is 90.3 cm³/mol. The van der Waals surface area contributed by atoms with Crippen LogP contribution in [0.1, 0.15) is 25.5 Å². The van der Waals surface area contributed by atoms with E-state index >= 15 is 0 Å². The summed E-state index contributed by atoms with van der Waals surface area (Å²) in [5.74, 6) is 0.786. The average molecular weight is 319 g/mol. The van der Waals surface area contributed by atoms with Crippen molar-refractivity contribution in [1.29, 1.82) is 0 Å². The Morgan fingerprint density at radius 2 is 2.55 bits per heavy atom. The molecule has 0 aromatic carbocycles. The van der Waals surface area contributed by atoms with Crippen molar-refractivity contribution >= 4 is 23.0 Å². The second-order valence-corrected chi connectivity index (χ2v) is 5.82. The summed E-state index contributed by atoms with van der Waals surface area (Å²) in [4.78, 5) is 6.52. The Morgan fingerprint density at radius 3 is 3.41 bits per heavy atom. The summed E-state index contributed by atoms with van der Waals surface area (Å²) >= 11 is 5.47. The van der Waals surface area contributed by atoms with Crippen molar-refractivity contribution in [2.45, 2.75) is 25.8 Å². The summed E-state index contributed by atoms with van der Waals surface area (Å²) in [6, 6.07) is 4.27.